The van der Waals surface area contributed by atoms with Crippen LogP contribution in [0.2, 0.25) is 10.0 Å². The average molecular weight is 471 g/mol. The maximum Gasteiger partial charge on any atom is 0.264 e. The van der Waals surface area contributed by atoms with Crippen molar-refractivity contribution in [3.8, 4) is 0 Å². The van der Waals surface area contributed by atoms with Gasteiger partial charge in [-0.1, -0.05) is 47.5 Å². The van der Waals surface area contributed by atoms with E-state index in [2.05, 4.69) is 4.72 Å². The Labute approximate surface area is 179 Å². The second kappa shape index (κ2) is 8.23. The van der Waals surface area contributed by atoms with Gasteiger partial charge < -0.3 is 0 Å². The molecule has 0 heterocycles. The van der Waals surface area contributed by atoms with E-state index in [-0.39, 0.29) is 25.5 Å². The zero-order valence-corrected chi connectivity index (χ0v) is 18.2. The van der Waals surface area contributed by atoms with Crippen LogP contribution in [0, 0.1) is 0 Å². The molecule has 3 aromatic rings. The van der Waals surface area contributed by atoms with Crippen molar-refractivity contribution in [3.05, 3.63) is 82.8 Å². The zero-order valence-electron chi connectivity index (χ0n) is 15.1. The average Bonchev–Trinajstić information content (AvgIpc) is 2.69. The van der Waals surface area contributed by atoms with Gasteiger partial charge >= 0.3 is 0 Å². The highest BCUT2D eigenvalue weighted by molar-refractivity contribution is 7.93. The summed E-state index contributed by atoms with van der Waals surface area (Å²) in [6.45, 7) is 0. The topological polar surface area (TPSA) is 83.6 Å². The summed E-state index contributed by atoms with van der Waals surface area (Å²) in [7, 11) is -6.55. The Morgan fingerprint density at radius 2 is 1.52 bits per heavy atom. The molecule has 0 aromatic heterocycles. The minimum atomic E-state index is -4.08. The van der Waals surface area contributed by atoms with Gasteiger partial charge in [0.15, 0.2) is 0 Å². The minimum Gasteiger partial charge on any atom is -0.280 e. The molecule has 0 amide bonds. The van der Waals surface area contributed by atoms with E-state index in [0.29, 0.717) is 5.69 Å². The highest BCUT2D eigenvalue weighted by Gasteiger charge is 2.23. The van der Waals surface area contributed by atoms with Crippen molar-refractivity contribution in [2.45, 2.75) is 9.79 Å². The van der Waals surface area contributed by atoms with E-state index in [0.717, 1.165) is 4.31 Å². The second-order valence-electron chi connectivity index (χ2n) is 6.02. The molecule has 0 saturated carbocycles. The molecule has 0 radical (unpaired) electrons. The molecule has 3 rings (SSSR count). The summed E-state index contributed by atoms with van der Waals surface area (Å²) < 4.78 is 54.7. The lowest BCUT2D eigenvalue weighted by Gasteiger charge is -2.20. The van der Waals surface area contributed by atoms with Crippen LogP contribution in [-0.2, 0) is 20.0 Å². The number of benzene rings is 3. The van der Waals surface area contributed by atoms with Crippen molar-refractivity contribution >= 4 is 54.6 Å². The van der Waals surface area contributed by atoms with Gasteiger partial charge in [0.2, 0.25) is 0 Å². The smallest absolute Gasteiger partial charge is 0.264 e. The molecule has 0 atom stereocenters. The van der Waals surface area contributed by atoms with Crippen LogP contribution >= 0.6 is 23.2 Å². The summed E-state index contributed by atoms with van der Waals surface area (Å²) in [5.74, 6) is 0. The Balaban J connectivity index is 1.95. The lowest BCUT2D eigenvalue weighted by Crippen LogP contribution is -2.26. The molecule has 0 saturated heterocycles. The third-order valence-corrected chi connectivity index (χ3v) is 7.93. The van der Waals surface area contributed by atoms with Gasteiger partial charge in [-0.25, -0.2) is 16.8 Å². The van der Waals surface area contributed by atoms with Crippen LogP contribution in [0.3, 0.4) is 0 Å². The zero-order chi connectivity index (χ0) is 21.2. The molecule has 10 heteroatoms. The van der Waals surface area contributed by atoms with Gasteiger partial charge in [-0.2, -0.15) is 0 Å². The first kappa shape index (κ1) is 21.4. The number of nitrogens with zero attached hydrogens (tertiary/aromatic N) is 1. The number of halogens is 2. The fourth-order valence-corrected chi connectivity index (χ4v) is 5.60. The van der Waals surface area contributed by atoms with Crippen LogP contribution in [0.25, 0.3) is 0 Å². The summed E-state index contributed by atoms with van der Waals surface area (Å²) in [4.78, 5) is -0.275. The quantitative estimate of drug-likeness (QED) is 0.569. The van der Waals surface area contributed by atoms with Gasteiger partial charge in [0.25, 0.3) is 20.0 Å². The molecule has 0 aliphatic heterocycles. The molecule has 152 valence electrons. The van der Waals surface area contributed by atoms with E-state index < -0.39 is 20.0 Å². The molecule has 6 nitrogen and oxygen atoms in total. The van der Waals surface area contributed by atoms with Gasteiger partial charge in [-0.05, 0) is 48.5 Å². The molecule has 0 aliphatic rings. The van der Waals surface area contributed by atoms with Crippen molar-refractivity contribution in [3.63, 3.8) is 0 Å². The van der Waals surface area contributed by atoms with Gasteiger partial charge in [-0.15, -0.1) is 0 Å². The molecular formula is C19H16Cl2N2O4S2. The lowest BCUT2D eigenvalue weighted by molar-refractivity contribution is 0.593. The number of sulfonamides is 2. The molecule has 0 unspecified atom stereocenters. The number of anilines is 2. The van der Waals surface area contributed by atoms with Crippen LogP contribution in [0.15, 0.2) is 82.6 Å². The van der Waals surface area contributed by atoms with E-state index >= 15 is 0 Å². The van der Waals surface area contributed by atoms with Crippen LogP contribution in [-0.4, -0.2) is 23.9 Å². The lowest BCUT2D eigenvalue weighted by atomic mass is 10.3. The van der Waals surface area contributed by atoms with Crippen LogP contribution < -0.4 is 9.03 Å². The number of rotatable bonds is 6. The maximum atomic E-state index is 12.9. The number of nitrogens with one attached hydrogen (secondary N) is 1. The predicted octanol–water partition coefficient (Wildman–Crippen LogP) is 4.62. The fourth-order valence-electron chi connectivity index (χ4n) is 2.55. The normalized spacial score (nSPS) is 11.8. The molecule has 0 fully saturated rings. The molecule has 0 spiro atoms. The summed E-state index contributed by atoms with van der Waals surface area (Å²) >= 11 is 11.8. The van der Waals surface area contributed by atoms with Gasteiger partial charge in [0.1, 0.15) is 4.90 Å². The Morgan fingerprint density at radius 3 is 2.21 bits per heavy atom. The summed E-state index contributed by atoms with van der Waals surface area (Å²) in [6, 6.07) is 18.1. The first-order chi connectivity index (χ1) is 13.6. The van der Waals surface area contributed by atoms with Crippen molar-refractivity contribution in [1.29, 1.82) is 0 Å². The van der Waals surface area contributed by atoms with Crippen molar-refractivity contribution in [1.82, 2.24) is 0 Å². The molecule has 0 bridgehead atoms. The number of hydrogen-bond acceptors (Lipinski definition) is 4. The largest absolute Gasteiger partial charge is 0.280 e. The Bertz CT molecular complexity index is 1250. The van der Waals surface area contributed by atoms with E-state index in [4.69, 9.17) is 23.2 Å². The van der Waals surface area contributed by atoms with Gasteiger partial charge in [0.05, 0.1) is 21.3 Å². The van der Waals surface area contributed by atoms with Crippen molar-refractivity contribution < 1.29 is 16.8 Å². The van der Waals surface area contributed by atoms with Crippen LogP contribution in [0.1, 0.15) is 0 Å². The summed E-state index contributed by atoms with van der Waals surface area (Å²) in [5, 5.41) is 0.199. The maximum absolute atomic E-state index is 12.9. The van der Waals surface area contributed by atoms with Crippen molar-refractivity contribution in [2.24, 2.45) is 0 Å². The Hall–Kier alpha value is -2.26. The monoisotopic (exact) mass is 470 g/mol. The number of para-hydroxylation sites is 1. The fraction of sp³-hybridized carbons (Fsp3) is 0.0526. The molecule has 1 N–H and O–H groups in total. The third kappa shape index (κ3) is 4.67. The molecule has 29 heavy (non-hydrogen) atoms. The van der Waals surface area contributed by atoms with Crippen molar-refractivity contribution in [2.75, 3.05) is 16.1 Å². The standard InChI is InChI=1S/C19H16Cl2N2O4S2/c1-23(16-7-3-2-4-8-16)29(26,27)17-9-5-6-15(13-17)22-28(24,25)19-12-14(20)10-11-18(19)21/h2-13,22H,1H3. The van der Waals surface area contributed by atoms with E-state index in [9.17, 15) is 16.8 Å². The third-order valence-electron chi connectivity index (χ3n) is 4.05. The number of hydrogen-bond donors (Lipinski definition) is 1. The highest BCUT2D eigenvalue weighted by atomic mass is 35.5. The van der Waals surface area contributed by atoms with Gasteiger partial charge in [-0.3, -0.25) is 9.03 Å². The first-order valence-corrected chi connectivity index (χ1v) is 11.9. The van der Waals surface area contributed by atoms with E-state index in [1.807, 2.05) is 0 Å². The van der Waals surface area contributed by atoms with Crippen LogP contribution in [0.4, 0.5) is 11.4 Å². The Morgan fingerprint density at radius 1 is 0.828 bits per heavy atom. The molecule has 3 aromatic carbocycles. The first-order valence-electron chi connectivity index (χ1n) is 8.23. The van der Waals surface area contributed by atoms with Gasteiger partial charge in [0, 0.05) is 12.1 Å². The second-order valence-corrected chi connectivity index (χ2v) is 10.5. The van der Waals surface area contributed by atoms with E-state index in [1.165, 1.54) is 49.5 Å². The SMILES string of the molecule is CN(c1ccccc1)S(=O)(=O)c1cccc(NS(=O)(=O)c2cc(Cl)ccc2Cl)c1. The molecule has 0 aliphatic carbocycles. The van der Waals surface area contributed by atoms with E-state index in [1.54, 1.807) is 30.3 Å². The van der Waals surface area contributed by atoms with Crippen LogP contribution in [0.5, 0.6) is 0 Å². The Kier molecular flexibility index (Phi) is 6.09. The highest BCUT2D eigenvalue weighted by Crippen LogP contribution is 2.28. The summed E-state index contributed by atoms with van der Waals surface area (Å²) in [6.07, 6.45) is 0. The summed E-state index contributed by atoms with van der Waals surface area (Å²) in [5.41, 5.74) is 0.549. The minimum absolute atomic E-state index is 0.00510. The molecular weight excluding hydrogens is 455 g/mol. The predicted molar refractivity (Wildman–Crippen MR) is 116 cm³/mol.